The van der Waals surface area contributed by atoms with Crippen LogP contribution in [0.4, 0.5) is 5.82 Å². The molecule has 1 amide bonds. The lowest BCUT2D eigenvalue weighted by Crippen LogP contribution is -2.37. The fourth-order valence-electron chi connectivity index (χ4n) is 2.06. The van der Waals surface area contributed by atoms with Gasteiger partial charge >= 0.3 is 0 Å². The number of rotatable bonds is 3. The second kappa shape index (κ2) is 6.84. The molecule has 19 heavy (non-hydrogen) atoms. The maximum absolute atomic E-state index is 11.9. The highest BCUT2D eigenvalue weighted by molar-refractivity contribution is 6.30. The molecule has 1 aromatic rings. The number of hydrogen-bond acceptors (Lipinski definition) is 4. The molecule has 0 aromatic carbocycles. The number of aromatic nitrogens is 1. The lowest BCUT2D eigenvalue weighted by atomic mass is 10.3. The zero-order chi connectivity index (χ0) is 13.7. The van der Waals surface area contributed by atoms with E-state index in [-0.39, 0.29) is 12.0 Å². The van der Waals surface area contributed by atoms with Crippen molar-refractivity contribution in [3.8, 4) is 0 Å². The van der Waals surface area contributed by atoms with Crippen molar-refractivity contribution in [3.63, 3.8) is 0 Å². The zero-order valence-corrected chi connectivity index (χ0v) is 11.7. The van der Waals surface area contributed by atoms with Gasteiger partial charge in [-0.3, -0.25) is 9.69 Å². The van der Waals surface area contributed by atoms with Crippen LogP contribution in [0, 0.1) is 0 Å². The number of nitrogens with zero attached hydrogens (tertiary/aromatic N) is 2. The van der Waals surface area contributed by atoms with Gasteiger partial charge in [0.15, 0.2) is 0 Å². The molecule has 1 atom stereocenters. The fraction of sp³-hybridized carbons (Fsp3) is 0.538. The predicted molar refractivity (Wildman–Crippen MR) is 74.3 cm³/mol. The highest BCUT2D eigenvalue weighted by atomic mass is 35.5. The average Bonchev–Trinajstić information content (AvgIpc) is 2.56. The zero-order valence-electron chi connectivity index (χ0n) is 10.9. The number of carbonyl (C=O) groups is 1. The Hall–Kier alpha value is -1.17. The molecule has 0 radical (unpaired) electrons. The van der Waals surface area contributed by atoms with Gasteiger partial charge in [0.25, 0.3) is 0 Å². The van der Waals surface area contributed by atoms with Crippen molar-refractivity contribution >= 4 is 23.3 Å². The minimum absolute atomic E-state index is 0.0658. The van der Waals surface area contributed by atoms with Crippen LogP contribution in [0.5, 0.6) is 0 Å². The largest absolute Gasteiger partial charge is 0.377 e. The fourth-order valence-corrected chi connectivity index (χ4v) is 2.17. The Morgan fingerprint density at radius 3 is 3.21 bits per heavy atom. The van der Waals surface area contributed by atoms with E-state index in [1.807, 2.05) is 6.92 Å². The maximum atomic E-state index is 11.9. The van der Waals surface area contributed by atoms with Gasteiger partial charge in [-0.05, 0) is 25.5 Å². The predicted octanol–water partition coefficient (Wildman–Crippen LogP) is 1.78. The van der Waals surface area contributed by atoms with Gasteiger partial charge in [-0.15, -0.1) is 0 Å². The molecule has 5 nitrogen and oxygen atoms in total. The Bertz CT molecular complexity index is 424. The van der Waals surface area contributed by atoms with E-state index in [4.69, 9.17) is 16.3 Å². The first-order valence-corrected chi connectivity index (χ1v) is 6.76. The summed E-state index contributed by atoms with van der Waals surface area (Å²) in [4.78, 5) is 18.1. The van der Waals surface area contributed by atoms with Crippen LogP contribution >= 0.6 is 11.6 Å². The van der Waals surface area contributed by atoms with Crippen molar-refractivity contribution in [1.29, 1.82) is 0 Å². The first-order chi connectivity index (χ1) is 9.13. The molecule has 6 heteroatoms. The highest BCUT2D eigenvalue weighted by Gasteiger charge is 2.17. The molecule has 1 aliphatic heterocycles. The summed E-state index contributed by atoms with van der Waals surface area (Å²) in [7, 11) is 0. The molecule has 1 aromatic heterocycles. The van der Waals surface area contributed by atoms with Gasteiger partial charge in [0.2, 0.25) is 5.91 Å². The van der Waals surface area contributed by atoms with Crippen molar-refractivity contribution in [3.05, 3.63) is 23.4 Å². The van der Waals surface area contributed by atoms with E-state index >= 15 is 0 Å². The first kappa shape index (κ1) is 14.2. The normalized spacial score (nSPS) is 20.8. The van der Waals surface area contributed by atoms with Crippen molar-refractivity contribution in [2.75, 3.05) is 31.6 Å². The molecular formula is C13H18ClN3O2. The van der Waals surface area contributed by atoms with Crippen molar-refractivity contribution in [2.24, 2.45) is 0 Å². The van der Waals surface area contributed by atoms with E-state index in [2.05, 4.69) is 15.2 Å². The third-order valence-electron chi connectivity index (χ3n) is 2.90. The van der Waals surface area contributed by atoms with Gasteiger partial charge in [-0.25, -0.2) is 4.98 Å². The lowest BCUT2D eigenvalue weighted by molar-refractivity contribution is -0.117. The Kier molecular flexibility index (Phi) is 5.13. The molecule has 0 saturated carbocycles. The van der Waals surface area contributed by atoms with E-state index in [0.29, 0.717) is 17.4 Å². The summed E-state index contributed by atoms with van der Waals surface area (Å²) in [5, 5.41) is 3.31. The molecule has 0 aliphatic carbocycles. The number of pyridine rings is 1. The summed E-state index contributed by atoms with van der Waals surface area (Å²) in [6.45, 7) is 4.81. The number of hydrogen-bond donors (Lipinski definition) is 1. The van der Waals surface area contributed by atoms with Crippen LogP contribution in [0.1, 0.15) is 13.3 Å². The summed E-state index contributed by atoms with van der Waals surface area (Å²) in [5.41, 5.74) is 0. The Balaban J connectivity index is 1.84. The molecule has 0 spiro atoms. The number of anilines is 1. The molecule has 0 bridgehead atoms. The van der Waals surface area contributed by atoms with Crippen LogP contribution in [0.3, 0.4) is 0 Å². The van der Waals surface area contributed by atoms with Crippen LogP contribution in [-0.4, -0.2) is 48.1 Å². The highest BCUT2D eigenvalue weighted by Crippen LogP contribution is 2.10. The number of nitrogens with one attached hydrogen (secondary N) is 1. The van der Waals surface area contributed by atoms with Gasteiger partial charge in [0.1, 0.15) is 5.82 Å². The SMILES string of the molecule is CC1CN(CC(=O)Nc2ccc(Cl)cn2)CCCO1. The van der Waals surface area contributed by atoms with E-state index in [1.54, 1.807) is 12.1 Å². The van der Waals surface area contributed by atoms with Gasteiger partial charge in [0.05, 0.1) is 17.7 Å². The van der Waals surface area contributed by atoms with E-state index in [1.165, 1.54) is 6.20 Å². The standard InChI is InChI=1S/C13H18ClN3O2/c1-10-8-17(5-2-6-19-10)9-13(18)16-12-4-3-11(14)7-15-12/h3-4,7,10H,2,5-6,8-9H2,1H3,(H,15,16,18). The topological polar surface area (TPSA) is 54.5 Å². The third kappa shape index (κ3) is 4.78. The molecule has 2 heterocycles. The summed E-state index contributed by atoms with van der Waals surface area (Å²) in [5.74, 6) is 0.456. The number of halogens is 1. The molecule has 2 rings (SSSR count). The van der Waals surface area contributed by atoms with E-state index in [9.17, 15) is 4.79 Å². The molecule has 1 fully saturated rings. The van der Waals surface area contributed by atoms with Gasteiger partial charge in [-0.2, -0.15) is 0 Å². The number of carbonyl (C=O) groups excluding carboxylic acids is 1. The van der Waals surface area contributed by atoms with Crippen molar-refractivity contribution in [2.45, 2.75) is 19.4 Å². The van der Waals surface area contributed by atoms with Gasteiger partial charge in [0, 0.05) is 25.9 Å². The smallest absolute Gasteiger partial charge is 0.239 e. The summed E-state index contributed by atoms with van der Waals surface area (Å²) in [6.07, 6.45) is 2.64. The van der Waals surface area contributed by atoms with E-state index in [0.717, 1.165) is 26.1 Å². The third-order valence-corrected chi connectivity index (χ3v) is 3.12. The van der Waals surface area contributed by atoms with Crippen LogP contribution in [-0.2, 0) is 9.53 Å². The molecule has 104 valence electrons. The molecule has 1 N–H and O–H groups in total. The summed E-state index contributed by atoms with van der Waals surface area (Å²) < 4.78 is 5.55. The Morgan fingerprint density at radius 1 is 1.63 bits per heavy atom. The molecule has 1 aliphatic rings. The second-order valence-corrected chi connectivity index (χ2v) is 5.12. The van der Waals surface area contributed by atoms with Gasteiger partial charge in [-0.1, -0.05) is 11.6 Å². The second-order valence-electron chi connectivity index (χ2n) is 4.68. The number of ether oxygens (including phenoxy) is 1. The monoisotopic (exact) mass is 283 g/mol. The van der Waals surface area contributed by atoms with Crippen LogP contribution in [0.2, 0.25) is 5.02 Å². The van der Waals surface area contributed by atoms with Gasteiger partial charge < -0.3 is 10.1 Å². The molecular weight excluding hydrogens is 266 g/mol. The van der Waals surface area contributed by atoms with Crippen LogP contribution in [0.25, 0.3) is 0 Å². The van der Waals surface area contributed by atoms with Crippen LogP contribution < -0.4 is 5.32 Å². The maximum Gasteiger partial charge on any atom is 0.239 e. The Morgan fingerprint density at radius 2 is 2.47 bits per heavy atom. The van der Waals surface area contributed by atoms with E-state index < -0.39 is 0 Å². The molecule has 1 saturated heterocycles. The first-order valence-electron chi connectivity index (χ1n) is 6.39. The quantitative estimate of drug-likeness (QED) is 0.919. The average molecular weight is 284 g/mol. The van der Waals surface area contributed by atoms with Crippen LogP contribution in [0.15, 0.2) is 18.3 Å². The minimum atomic E-state index is -0.0658. The molecule has 1 unspecified atom stereocenters. The minimum Gasteiger partial charge on any atom is -0.377 e. The Labute approximate surface area is 117 Å². The summed E-state index contributed by atoms with van der Waals surface area (Å²) in [6, 6.07) is 3.39. The lowest BCUT2D eigenvalue weighted by Gasteiger charge is -2.20. The number of amides is 1. The van der Waals surface area contributed by atoms with Crippen molar-refractivity contribution < 1.29 is 9.53 Å². The van der Waals surface area contributed by atoms with Crippen molar-refractivity contribution in [1.82, 2.24) is 9.88 Å². The summed E-state index contributed by atoms with van der Waals surface area (Å²) >= 11 is 5.74.